The van der Waals surface area contributed by atoms with Gasteiger partial charge in [0.15, 0.2) is 0 Å². The average molecular weight is 444 g/mol. The van der Waals surface area contributed by atoms with Crippen LogP contribution < -0.4 is 0 Å². The zero-order valence-electron chi connectivity index (χ0n) is 5.10. The molecule has 0 fully saturated rings. The van der Waals surface area contributed by atoms with Crippen LogP contribution in [-0.4, -0.2) is 0 Å². The van der Waals surface area contributed by atoms with Crippen LogP contribution in [0.1, 0.15) is 0 Å². The van der Waals surface area contributed by atoms with E-state index in [1.54, 1.807) is 0 Å². The zero-order chi connectivity index (χ0) is 0. The number of hydrogen-bond donors (Lipinski definition) is 0. The molecule has 86 valence electrons. The van der Waals surface area contributed by atoms with Crippen molar-refractivity contribution < 1.29 is 141 Å². The summed E-state index contributed by atoms with van der Waals surface area (Å²) in [7, 11) is 0. The Morgan fingerprint density at radius 3 is 0.308 bits per heavy atom. The van der Waals surface area contributed by atoms with Crippen LogP contribution >= 0.6 is 0 Å². The van der Waals surface area contributed by atoms with Crippen molar-refractivity contribution in [2.75, 3.05) is 0 Å². The second-order valence-electron chi connectivity index (χ2n) is 0. The van der Waals surface area contributed by atoms with Crippen LogP contribution in [0, 0.1) is 0 Å². The van der Waals surface area contributed by atoms with Gasteiger partial charge in [0.1, 0.15) is 0 Å². The molecule has 0 aromatic carbocycles. The van der Waals surface area contributed by atoms with Crippen LogP contribution in [0.2, 0.25) is 0 Å². The maximum absolute atomic E-state index is 0. The third-order valence-corrected chi connectivity index (χ3v) is 0. The van der Waals surface area contributed by atoms with Gasteiger partial charge in [-0.2, -0.15) is 0 Å². The van der Waals surface area contributed by atoms with Crippen molar-refractivity contribution in [2.24, 2.45) is 0 Å². The monoisotopic (exact) mass is 444 g/mol. The summed E-state index contributed by atoms with van der Waals surface area (Å²) in [4.78, 5) is 0. The van der Waals surface area contributed by atoms with Crippen LogP contribution in [0.15, 0.2) is 0 Å². The van der Waals surface area contributed by atoms with Crippen LogP contribution in [-0.2, 0) is 141 Å². The normalized spacial score (nSPS) is 0. The molecule has 0 amide bonds. The average Bonchev–Trinajstić information content (AvgIpc) is 0. The van der Waals surface area contributed by atoms with E-state index in [4.69, 9.17) is 0 Å². The molecule has 0 aromatic rings. The van der Waals surface area contributed by atoms with Gasteiger partial charge in [-0.25, -0.2) is 0 Å². The maximum Gasteiger partial charge on any atom is 3.00 e. The quantitative estimate of drug-likeness (QED) is 0.420. The van der Waals surface area contributed by atoms with Gasteiger partial charge in [-0.1, -0.05) is 0 Å². The van der Waals surface area contributed by atoms with Gasteiger partial charge < -0.3 is 38.3 Å². The van der Waals surface area contributed by atoms with Crippen LogP contribution in [0.3, 0.4) is 0 Å². The summed E-state index contributed by atoms with van der Waals surface area (Å²) < 4.78 is 0. The molecule has 0 atom stereocenters. The first kappa shape index (κ1) is 433. The Balaban J connectivity index is 0. The Hall–Kier alpha value is 2.84. The third kappa shape index (κ3) is 304. The van der Waals surface area contributed by atoms with E-state index < -0.39 is 0 Å². The van der Waals surface area contributed by atoms with Gasteiger partial charge in [-0.05, 0) is 0 Å². The molecule has 0 aliphatic carbocycles. The second kappa shape index (κ2) is 353. The SMILES string of the molecule is [Co+2].[Co+2].[Cr+3].[Cr+3].[Mn+2].[Mn+2].[O-2].[O-2].[O-2].[O-2].[O-2].[O-2].[O-2]. The molecule has 0 unspecified atom stereocenters. The van der Waals surface area contributed by atoms with Crippen molar-refractivity contribution in [1.82, 2.24) is 0 Å². The van der Waals surface area contributed by atoms with Crippen LogP contribution in [0.5, 0.6) is 0 Å². The summed E-state index contributed by atoms with van der Waals surface area (Å²) >= 11 is 0. The van der Waals surface area contributed by atoms with Crippen molar-refractivity contribution in [2.45, 2.75) is 0 Å². The minimum absolute atomic E-state index is 0. The second-order valence-corrected chi connectivity index (χ2v) is 0. The molecule has 6 radical (unpaired) electrons. The smallest absolute Gasteiger partial charge is 2.00 e. The molecule has 13 heavy (non-hydrogen) atoms. The summed E-state index contributed by atoms with van der Waals surface area (Å²) in [5, 5.41) is 0. The minimum atomic E-state index is 0. The van der Waals surface area contributed by atoms with E-state index in [0.29, 0.717) is 0 Å². The molecule has 0 heterocycles. The molecule has 0 bridgehead atoms. The Labute approximate surface area is 139 Å². The Morgan fingerprint density at radius 2 is 0.308 bits per heavy atom. The third-order valence-electron chi connectivity index (χ3n) is 0. The molecule has 13 heteroatoms. The molecular weight excluding hydrogens is 444 g/mol. The van der Waals surface area contributed by atoms with Gasteiger partial charge in [0.05, 0.1) is 0 Å². The van der Waals surface area contributed by atoms with E-state index >= 15 is 0 Å². The van der Waals surface area contributed by atoms with Crippen molar-refractivity contribution in [1.29, 1.82) is 0 Å². The summed E-state index contributed by atoms with van der Waals surface area (Å²) in [5.41, 5.74) is 0. The van der Waals surface area contributed by atoms with Crippen molar-refractivity contribution in [3.8, 4) is 0 Å². The van der Waals surface area contributed by atoms with E-state index in [1.807, 2.05) is 0 Å². The van der Waals surface area contributed by atoms with Crippen molar-refractivity contribution >= 4 is 0 Å². The Bertz CT molecular complexity index is 22.5. The zero-order valence-corrected chi connectivity index (χ0v) is 12.1. The summed E-state index contributed by atoms with van der Waals surface area (Å²) in [6.07, 6.45) is 0. The Kier molecular flexibility index (Phi) is 11800. The largest absolute Gasteiger partial charge is 3.00 e. The standard InChI is InChI=1S/2Co.2Cr.2Mn.7O/q2*+2;2*+3;2*+2;7*-2. The van der Waals surface area contributed by atoms with E-state index in [9.17, 15) is 0 Å². The van der Waals surface area contributed by atoms with Gasteiger partial charge in [0.2, 0.25) is 0 Å². The molecule has 0 aromatic heterocycles. The van der Waals surface area contributed by atoms with E-state index in [1.165, 1.54) is 0 Å². The molecule has 0 saturated carbocycles. The predicted molar refractivity (Wildman–Crippen MR) is 4.81 cm³/mol. The first-order valence-corrected chi connectivity index (χ1v) is 0. The molecular formula is Co2Cr2Mn2O7. The summed E-state index contributed by atoms with van der Waals surface area (Å²) in [5.74, 6) is 0. The first-order valence-electron chi connectivity index (χ1n) is 0. The Morgan fingerprint density at radius 1 is 0.308 bits per heavy atom. The number of rotatable bonds is 0. The van der Waals surface area contributed by atoms with E-state index in [2.05, 4.69) is 0 Å². The topological polar surface area (TPSA) is 200 Å². The maximum atomic E-state index is 0. The fraction of sp³-hybridized carbons (Fsp3) is 0. The van der Waals surface area contributed by atoms with Crippen LogP contribution in [0.25, 0.3) is 0 Å². The van der Waals surface area contributed by atoms with Crippen molar-refractivity contribution in [3.63, 3.8) is 0 Å². The molecule has 0 N–H and O–H groups in total. The van der Waals surface area contributed by atoms with Gasteiger partial charge in [-0.15, -0.1) is 0 Å². The minimum Gasteiger partial charge on any atom is -2.00 e. The summed E-state index contributed by atoms with van der Waals surface area (Å²) in [6, 6.07) is 0. The van der Waals surface area contributed by atoms with Gasteiger partial charge in [-0.3, -0.25) is 0 Å². The molecule has 7 nitrogen and oxygen atoms in total. The molecule has 0 aliphatic heterocycles. The predicted octanol–water partition coefficient (Wildman–Crippen LogP) is -0.847. The summed E-state index contributed by atoms with van der Waals surface area (Å²) in [6.45, 7) is 0. The molecule has 0 aliphatic rings. The first-order chi connectivity index (χ1) is 0. The van der Waals surface area contributed by atoms with E-state index in [0.717, 1.165) is 0 Å². The molecule has 0 rings (SSSR count). The van der Waals surface area contributed by atoms with E-state index in [-0.39, 0.29) is 141 Å². The van der Waals surface area contributed by atoms with Gasteiger partial charge in [0, 0.05) is 0 Å². The molecule has 0 spiro atoms. The van der Waals surface area contributed by atoms with Gasteiger partial charge in [0.25, 0.3) is 0 Å². The molecule has 0 saturated heterocycles. The van der Waals surface area contributed by atoms with Gasteiger partial charge >= 0.3 is 102 Å². The van der Waals surface area contributed by atoms with Crippen molar-refractivity contribution in [3.05, 3.63) is 0 Å². The fourth-order valence-electron chi connectivity index (χ4n) is 0. The number of hydrogen-bond acceptors (Lipinski definition) is 0. The van der Waals surface area contributed by atoms with Crippen LogP contribution in [0.4, 0.5) is 0 Å². The fourth-order valence-corrected chi connectivity index (χ4v) is 0.